The van der Waals surface area contributed by atoms with Gasteiger partial charge in [0.25, 0.3) is 15.9 Å². The summed E-state index contributed by atoms with van der Waals surface area (Å²) >= 11 is 3.39. The lowest BCUT2D eigenvalue weighted by atomic mass is 10.2. The average molecular weight is 439 g/mol. The van der Waals surface area contributed by atoms with E-state index in [0.29, 0.717) is 37.6 Å². The van der Waals surface area contributed by atoms with Crippen molar-refractivity contribution in [3.8, 4) is 0 Å². The van der Waals surface area contributed by atoms with Crippen LogP contribution < -0.4 is 4.72 Å². The van der Waals surface area contributed by atoms with Crippen LogP contribution in [-0.2, 0) is 14.8 Å². The Morgan fingerprint density at radius 3 is 2.38 bits per heavy atom. The smallest absolute Gasteiger partial charge is 0.261 e. The van der Waals surface area contributed by atoms with Crippen LogP contribution in [0.25, 0.3) is 0 Å². The quantitative estimate of drug-likeness (QED) is 0.795. The number of benzene rings is 2. The number of sulfonamides is 1. The molecule has 1 saturated heterocycles. The second kappa shape index (κ2) is 7.77. The molecule has 6 nitrogen and oxygen atoms in total. The van der Waals surface area contributed by atoms with Gasteiger partial charge in [0.15, 0.2) is 0 Å². The van der Waals surface area contributed by atoms with Gasteiger partial charge >= 0.3 is 0 Å². The van der Waals surface area contributed by atoms with E-state index in [-0.39, 0.29) is 10.8 Å². The van der Waals surface area contributed by atoms with E-state index in [9.17, 15) is 13.2 Å². The van der Waals surface area contributed by atoms with Crippen LogP contribution in [0, 0.1) is 6.92 Å². The fourth-order valence-electron chi connectivity index (χ4n) is 2.60. The lowest BCUT2D eigenvalue weighted by molar-refractivity contribution is 0.0303. The molecule has 1 heterocycles. The molecule has 3 rings (SSSR count). The fourth-order valence-corrected chi connectivity index (χ4v) is 4.02. The number of nitrogens with one attached hydrogen (secondary N) is 1. The highest BCUT2D eigenvalue weighted by molar-refractivity contribution is 9.10. The summed E-state index contributed by atoms with van der Waals surface area (Å²) in [6.07, 6.45) is 0. The van der Waals surface area contributed by atoms with E-state index < -0.39 is 10.0 Å². The molecule has 1 N–H and O–H groups in total. The molecule has 0 saturated carbocycles. The zero-order valence-corrected chi connectivity index (χ0v) is 16.6. The van der Waals surface area contributed by atoms with E-state index in [1.54, 1.807) is 17.0 Å². The number of aryl methyl sites for hydroxylation is 1. The summed E-state index contributed by atoms with van der Waals surface area (Å²) in [7, 11) is -3.73. The van der Waals surface area contributed by atoms with Gasteiger partial charge in [-0.1, -0.05) is 22.0 Å². The normalized spacial score (nSPS) is 14.9. The number of carbonyl (C=O) groups is 1. The van der Waals surface area contributed by atoms with E-state index in [2.05, 4.69) is 20.7 Å². The first-order valence-electron chi connectivity index (χ1n) is 8.13. The molecule has 0 unspecified atom stereocenters. The lowest BCUT2D eigenvalue weighted by Crippen LogP contribution is -2.40. The topological polar surface area (TPSA) is 75.7 Å². The number of rotatable bonds is 4. The van der Waals surface area contributed by atoms with Gasteiger partial charge in [0, 0.05) is 28.8 Å². The third-order valence-electron chi connectivity index (χ3n) is 4.13. The summed E-state index contributed by atoms with van der Waals surface area (Å²) < 4.78 is 33.7. The standard InChI is InChI=1S/C18H19BrN2O4S/c1-13-2-5-15(12-17(13)19)20-26(23,24)16-6-3-14(4-7-16)18(22)21-8-10-25-11-9-21/h2-7,12,20H,8-11H2,1H3. The van der Waals surface area contributed by atoms with E-state index in [1.807, 2.05) is 13.0 Å². The monoisotopic (exact) mass is 438 g/mol. The maximum Gasteiger partial charge on any atom is 0.261 e. The summed E-state index contributed by atoms with van der Waals surface area (Å²) in [6, 6.07) is 11.2. The highest BCUT2D eigenvalue weighted by Gasteiger charge is 2.20. The minimum atomic E-state index is -3.73. The van der Waals surface area contributed by atoms with Gasteiger partial charge in [-0.15, -0.1) is 0 Å². The maximum absolute atomic E-state index is 12.5. The van der Waals surface area contributed by atoms with Gasteiger partial charge in [-0.25, -0.2) is 8.42 Å². The minimum Gasteiger partial charge on any atom is -0.378 e. The molecule has 1 aliphatic heterocycles. The zero-order chi connectivity index (χ0) is 18.7. The van der Waals surface area contributed by atoms with E-state index >= 15 is 0 Å². The summed E-state index contributed by atoms with van der Waals surface area (Å²) in [4.78, 5) is 14.2. The molecule has 26 heavy (non-hydrogen) atoms. The number of hydrogen-bond acceptors (Lipinski definition) is 4. The molecule has 2 aromatic carbocycles. The SMILES string of the molecule is Cc1ccc(NS(=O)(=O)c2ccc(C(=O)N3CCOCC3)cc2)cc1Br. The van der Waals surface area contributed by atoms with Crippen molar-refractivity contribution >= 4 is 37.5 Å². The Balaban J connectivity index is 1.76. The van der Waals surface area contributed by atoms with Crippen LogP contribution in [0.1, 0.15) is 15.9 Å². The maximum atomic E-state index is 12.5. The van der Waals surface area contributed by atoms with Crippen molar-refractivity contribution in [2.45, 2.75) is 11.8 Å². The molecule has 0 radical (unpaired) electrons. The van der Waals surface area contributed by atoms with Crippen molar-refractivity contribution < 1.29 is 17.9 Å². The Bertz CT molecular complexity index is 907. The van der Waals surface area contributed by atoms with Crippen molar-refractivity contribution in [3.63, 3.8) is 0 Å². The van der Waals surface area contributed by atoms with Crippen molar-refractivity contribution in [3.05, 3.63) is 58.1 Å². The van der Waals surface area contributed by atoms with Crippen LogP contribution in [0.5, 0.6) is 0 Å². The number of halogens is 1. The average Bonchev–Trinajstić information content (AvgIpc) is 2.65. The largest absolute Gasteiger partial charge is 0.378 e. The molecule has 1 amide bonds. The molecular weight excluding hydrogens is 420 g/mol. The molecule has 0 spiro atoms. The Kier molecular flexibility index (Phi) is 5.64. The first kappa shape index (κ1) is 18.9. The molecule has 1 fully saturated rings. The van der Waals surface area contributed by atoms with E-state index in [0.717, 1.165) is 10.0 Å². The van der Waals surface area contributed by atoms with Crippen molar-refractivity contribution in [1.82, 2.24) is 4.90 Å². The predicted octanol–water partition coefficient (Wildman–Crippen LogP) is 3.03. The number of carbonyl (C=O) groups excluding carboxylic acids is 1. The summed E-state index contributed by atoms with van der Waals surface area (Å²) in [5, 5.41) is 0. The molecule has 2 aromatic rings. The van der Waals surface area contributed by atoms with Gasteiger partial charge in [0.2, 0.25) is 0 Å². The lowest BCUT2D eigenvalue weighted by Gasteiger charge is -2.26. The van der Waals surface area contributed by atoms with Crippen LogP contribution in [0.15, 0.2) is 51.8 Å². The molecule has 0 bridgehead atoms. The number of amides is 1. The van der Waals surface area contributed by atoms with Gasteiger partial charge in [0.05, 0.1) is 18.1 Å². The van der Waals surface area contributed by atoms with Crippen LogP contribution in [0.4, 0.5) is 5.69 Å². The second-order valence-electron chi connectivity index (χ2n) is 6.00. The molecule has 0 atom stereocenters. The Hall–Kier alpha value is -1.90. The van der Waals surface area contributed by atoms with Crippen LogP contribution in [0.2, 0.25) is 0 Å². The minimum absolute atomic E-state index is 0.104. The second-order valence-corrected chi connectivity index (χ2v) is 8.54. The number of morpholine rings is 1. The molecule has 1 aliphatic rings. The third-order valence-corrected chi connectivity index (χ3v) is 6.39. The van der Waals surface area contributed by atoms with E-state index in [1.165, 1.54) is 24.3 Å². The van der Waals surface area contributed by atoms with Crippen molar-refractivity contribution in [1.29, 1.82) is 0 Å². The number of nitrogens with zero attached hydrogens (tertiary/aromatic N) is 1. The third kappa shape index (κ3) is 4.25. The first-order valence-corrected chi connectivity index (χ1v) is 10.4. The Morgan fingerprint density at radius 2 is 1.77 bits per heavy atom. The molecule has 0 aliphatic carbocycles. The van der Waals surface area contributed by atoms with E-state index in [4.69, 9.17) is 4.74 Å². The predicted molar refractivity (Wildman–Crippen MR) is 103 cm³/mol. The summed E-state index contributed by atoms with van der Waals surface area (Å²) in [6.45, 7) is 4.06. The molecular formula is C18H19BrN2O4S. The highest BCUT2D eigenvalue weighted by atomic mass is 79.9. The molecule has 8 heteroatoms. The zero-order valence-electron chi connectivity index (χ0n) is 14.2. The first-order chi connectivity index (χ1) is 12.4. The van der Waals surface area contributed by atoms with Gasteiger partial charge in [-0.3, -0.25) is 9.52 Å². The molecule has 138 valence electrons. The van der Waals surface area contributed by atoms with Crippen molar-refractivity contribution in [2.24, 2.45) is 0 Å². The number of anilines is 1. The van der Waals surface area contributed by atoms with Crippen LogP contribution in [0.3, 0.4) is 0 Å². The van der Waals surface area contributed by atoms with Gasteiger partial charge in [0.1, 0.15) is 0 Å². The number of ether oxygens (including phenoxy) is 1. The summed E-state index contributed by atoms with van der Waals surface area (Å²) in [5.41, 5.74) is 1.94. The van der Waals surface area contributed by atoms with Gasteiger partial charge in [-0.2, -0.15) is 0 Å². The van der Waals surface area contributed by atoms with Crippen molar-refractivity contribution in [2.75, 3.05) is 31.0 Å². The summed E-state index contributed by atoms with van der Waals surface area (Å²) in [5.74, 6) is -0.118. The van der Waals surface area contributed by atoms with Crippen LogP contribution >= 0.6 is 15.9 Å². The highest BCUT2D eigenvalue weighted by Crippen LogP contribution is 2.23. The Morgan fingerprint density at radius 1 is 1.12 bits per heavy atom. The molecule has 0 aromatic heterocycles. The Labute approximate surface area is 161 Å². The fraction of sp³-hybridized carbons (Fsp3) is 0.278. The van der Waals surface area contributed by atoms with Crippen LogP contribution in [-0.4, -0.2) is 45.5 Å². The van der Waals surface area contributed by atoms with Gasteiger partial charge in [-0.05, 0) is 48.9 Å². The van der Waals surface area contributed by atoms with Gasteiger partial charge < -0.3 is 9.64 Å². The number of hydrogen-bond donors (Lipinski definition) is 1.